The Morgan fingerprint density at radius 1 is 0.719 bits per heavy atom. The molecule has 0 atom stereocenters. The van der Waals surface area contributed by atoms with Crippen molar-refractivity contribution >= 4 is 32.7 Å². The van der Waals surface area contributed by atoms with Crippen LogP contribution in [0, 0.1) is 0 Å². The topological polar surface area (TPSA) is 26.0 Å². The summed E-state index contributed by atoms with van der Waals surface area (Å²) in [4.78, 5) is 4.90. The molecule has 2 heterocycles. The van der Waals surface area contributed by atoms with E-state index in [9.17, 15) is 0 Å². The van der Waals surface area contributed by atoms with Crippen LogP contribution in [0.15, 0.2) is 95.5 Å². The fourth-order valence-electron chi connectivity index (χ4n) is 5.64. The molecule has 0 amide bonds. The van der Waals surface area contributed by atoms with Crippen molar-refractivity contribution in [3.8, 4) is 22.4 Å². The molecule has 0 N–H and O–H groups in total. The molecular formula is C30H21NO. The first-order chi connectivity index (χ1) is 16.4. The summed E-state index contributed by atoms with van der Waals surface area (Å²) in [5, 5.41) is 4.33. The Kier molecular flexibility index (Phi) is 3.01. The Morgan fingerprint density at radius 3 is 2.47 bits per heavy atom. The third-order valence-electron chi connectivity index (χ3n) is 6.96. The van der Waals surface area contributed by atoms with Crippen LogP contribution in [0.1, 0.15) is 27.7 Å². The molecule has 0 spiro atoms. The lowest BCUT2D eigenvalue weighted by atomic mass is 9.78. The Hall–Kier alpha value is -3.91. The van der Waals surface area contributed by atoms with Crippen molar-refractivity contribution < 1.29 is 7.16 Å². The maximum Gasteiger partial charge on any atom is 0.144 e. The second kappa shape index (κ2) is 6.08. The van der Waals surface area contributed by atoms with E-state index in [-0.39, 0.29) is 17.5 Å². The summed E-state index contributed by atoms with van der Waals surface area (Å²) < 4.78 is 22.4. The minimum absolute atomic E-state index is 0.162. The molecule has 0 unspecified atom stereocenters. The summed E-state index contributed by atoms with van der Waals surface area (Å²) in [7, 11) is 0. The van der Waals surface area contributed by atoms with Crippen LogP contribution in [0.2, 0.25) is 0 Å². The van der Waals surface area contributed by atoms with E-state index in [0.29, 0.717) is 5.58 Å². The molecule has 1 aliphatic rings. The van der Waals surface area contributed by atoms with Gasteiger partial charge >= 0.3 is 0 Å². The van der Waals surface area contributed by atoms with E-state index in [1.54, 1.807) is 12.1 Å². The molecule has 0 fully saturated rings. The normalized spacial score (nSPS) is 15.1. The number of hydrogen-bond donors (Lipinski definition) is 0. The van der Waals surface area contributed by atoms with Crippen LogP contribution in [0.5, 0.6) is 0 Å². The monoisotopic (exact) mass is 413 g/mol. The van der Waals surface area contributed by atoms with Gasteiger partial charge in [-0.3, -0.25) is 4.98 Å². The fraction of sp³-hybridized carbons (Fsp3) is 0.100. The van der Waals surface area contributed by atoms with E-state index in [1.165, 1.54) is 33.0 Å². The van der Waals surface area contributed by atoms with Crippen molar-refractivity contribution in [3.05, 3.63) is 102 Å². The molecule has 7 rings (SSSR count). The summed E-state index contributed by atoms with van der Waals surface area (Å²) >= 11 is 0. The van der Waals surface area contributed by atoms with Gasteiger partial charge in [-0.25, -0.2) is 0 Å². The predicted molar refractivity (Wildman–Crippen MR) is 132 cm³/mol. The summed E-state index contributed by atoms with van der Waals surface area (Å²) in [6.07, 6.45) is 1.89. The lowest BCUT2D eigenvalue weighted by molar-refractivity contribution is 0.661. The van der Waals surface area contributed by atoms with Gasteiger partial charge in [0.05, 0.1) is 8.44 Å². The fourth-order valence-corrected chi connectivity index (χ4v) is 5.64. The van der Waals surface area contributed by atoms with Gasteiger partial charge in [-0.2, -0.15) is 0 Å². The van der Waals surface area contributed by atoms with Gasteiger partial charge in [-0.1, -0.05) is 80.5 Å². The lowest BCUT2D eigenvalue weighted by Gasteiger charge is -2.25. The Balaban J connectivity index is 1.55. The average molecular weight is 414 g/mol. The van der Waals surface area contributed by atoms with E-state index in [1.807, 2.05) is 18.3 Å². The Labute approximate surface area is 189 Å². The average Bonchev–Trinajstić information content (AvgIpc) is 3.31. The molecule has 0 radical (unpaired) electrons. The summed E-state index contributed by atoms with van der Waals surface area (Å²) in [5.41, 5.74) is 8.01. The Bertz CT molecular complexity index is 1810. The van der Waals surface area contributed by atoms with Crippen molar-refractivity contribution in [2.75, 3.05) is 0 Å². The van der Waals surface area contributed by atoms with Crippen molar-refractivity contribution in [1.29, 1.82) is 0 Å². The second-order valence-corrected chi connectivity index (χ2v) is 9.06. The molecular weight excluding hydrogens is 390 g/mol. The molecule has 0 aliphatic heterocycles. The quantitative estimate of drug-likeness (QED) is 0.272. The number of para-hydroxylation sites is 2. The SMILES string of the molecule is [2H]c1cc2oc3c(-c4nccc5c4C(C)(C)c4c-5ccc5ccccc45)cccc3c2cc1[2H]. The smallest absolute Gasteiger partial charge is 0.144 e. The van der Waals surface area contributed by atoms with Crippen molar-refractivity contribution in [3.63, 3.8) is 0 Å². The number of aromatic nitrogens is 1. The highest BCUT2D eigenvalue weighted by molar-refractivity contribution is 6.10. The number of nitrogens with zero attached hydrogens (tertiary/aromatic N) is 1. The highest BCUT2D eigenvalue weighted by atomic mass is 16.3. The number of rotatable bonds is 1. The highest BCUT2D eigenvalue weighted by Gasteiger charge is 2.39. The van der Waals surface area contributed by atoms with Crippen molar-refractivity contribution in [2.24, 2.45) is 0 Å². The van der Waals surface area contributed by atoms with Crippen LogP contribution in [0.3, 0.4) is 0 Å². The van der Waals surface area contributed by atoms with Crippen LogP contribution >= 0.6 is 0 Å². The van der Waals surface area contributed by atoms with Crippen LogP contribution in [0.4, 0.5) is 0 Å². The van der Waals surface area contributed by atoms with Gasteiger partial charge in [0, 0.05) is 27.9 Å². The van der Waals surface area contributed by atoms with Crippen LogP contribution in [-0.4, -0.2) is 4.98 Å². The van der Waals surface area contributed by atoms with E-state index >= 15 is 0 Å². The zero-order valence-corrected chi connectivity index (χ0v) is 17.9. The molecule has 2 aromatic heterocycles. The number of furan rings is 1. The van der Waals surface area contributed by atoms with E-state index in [4.69, 9.17) is 12.1 Å². The van der Waals surface area contributed by atoms with Gasteiger partial charge in [0.1, 0.15) is 11.2 Å². The van der Waals surface area contributed by atoms with Gasteiger partial charge in [-0.15, -0.1) is 0 Å². The largest absolute Gasteiger partial charge is 0.455 e. The standard InChI is InChI=1S/C30H21NO/c1-30(2)26-19-9-4-3-8-18(19)14-15-21(26)22-16-17-31-28(27(22)30)24-12-7-11-23-20-10-5-6-13-25(20)32-29(23)24/h3-17H,1-2H3/i5D,6D. The first-order valence-electron chi connectivity index (χ1n) is 11.9. The van der Waals surface area contributed by atoms with Crippen molar-refractivity contribution in [2.45, 2.75) is 19.3 Å². The number of fused-ring (bicyclic) bond motifs is 8. The van der Waals surface area contributed by atoms with E-state index in [2.05, 4.69) is 62.4 Å². The molecule has 6 aromatic rings. The minimum atomic E-state index is -0.244. The van der Waals surface area contributed by atoms with Gasteiger partial charge in [0.15, 0.2) is 0 Å². The molecule has 32 heavy (non-hydrogen) atoms. The van der Waals surface area contributed by atoms with Gasteiger partial charge < -0.3 is 4.42 Å². The molecule has 0 saturated heterocycles. The second-order valence-electron chi connectivity index (χ2n) is 9.06. The number of hydrogen-bond acceptors (Lipinski definition) is 2. The van der Waals surface area contributed by atoms with Crippen LogP contribution < -0.4 is 0 Å². The number of pyridine rings is 1. The Morgan fingerprint density at radius 2 is 1.53 bits per heavy atom. The molecule has 2 nitrogen and oxygen atoms in total. The maximum absolute atomic E-state index is 8.08. The molecule has 0 saturated carbocycles. The van der Waals surface area contributed by atoms with Gasteiger partial charge in [-0.05, 0) is 51.2 Å². The highest BCUT2D eigenvalue weighted by Crippen LogP contribution is 2.54. The zero-order chi connectivity index (χ0) is 23.2. The van der Waals surface area contributed by atoms with Crippen LogP contribution in [0.25, 0.3) is 55.1 Å². The molecule has 2 heteroatoms. The minimum Gasteiger partial charge on any atom is -0.455 e. The molecule has 1 aliphatic carbocycles. The molecule has 152 valence electrons. The third kappa shape index (κ3) is 2.17. The predicted octanol–water partition coefficient (Wildman–Crippen LogP) is 8.11. The van der Waals surface area contributed by atoms with Crippen molar-refractivity contribution in [1.82, 2.24) is 4.98 Å². The summed E-state index contributed by atoms with van der Waals surface area (Å²) in [6, 6.07) is 25.0. The van der Waals surface area contributed by atoms with Gasteiger partial charge in [0.25, 0.3) is 0 Å². The lowest BCUT2D eigenvalue weighted by Crippen LogP contribution is -2.17. The zero-order valence-electron chi connectivity index (χ0n) is 19.9. The maximum atomic E-state index is 8.08. The first kappa shape index (κ1) is 15.8. The summed E-state index contributed by atoms with van der Waals surface area (Å²) in [5.74, 6) is 0. The van der Waals surface area contributed by atoms with E-state index < -0.39 is 0 Å². The summed E-state index contributed by atoms with van der Waals surface area (Å²) in [6.45, 7) is 4.57. The van der Waals surface area contributed by atoms with E-state index in [0.717, 1.165) is 27.6 Å². The van der Waals surface area contributed by atoms with Gasteiger partial charge in [0.2, 0.25) is 0 Å². The third-order valence-corrected chi connectivity index (χ3v) is 6.96. The first-order valence-corrected chi connectivity index (χ1v) is 10.9. The molecule has 4 aromatic carbocycles. The number of benzene rings is 4. The van der Waals surface area contributed by atoms with Crippen LogP contribution in [-0.2, 0) is 5.41 Å². The molecule has 0 bridgehead atoms.